The van der Waals surface area contributed by atoms with Gasteiger partial charge in [0.25, 0.3) is 0 Å². The van der Waals surface area contributed by atoms with E-state index in [-0.39, 0.29) is 18.2 Å². The lowest BCUT2D eigenvalue weighted by Gasteiger charge is -2.55. The molecule has 9 heteroatoms. The van der Waals surface area contributed by atoms with E-state index in [0.717, 1.165) is 17.0 Å². The Hall–Kier alpha value is -3.43. The van der Waals surface area contributed by atoms with Gasteiger partial charge in [-0.05, 0) is 94.0 Å². The third-order valence-electron chi connectivity index (χ3n) is 8.97. The Morgan fingerprint density at radius 1 is 1.05 bits per heavy atom. The van der Waals surface area contributed by atoms with Crippen LogP contribution in [0.4, 0.5) is 4.39 Å². The maximum atomic E-state index is 13.9. The number of sulfone groups is 1. The smallest absolute Gasteiger partial charge is 0.181 e. The van der Waals surface area contributed by atoms with Gasteiger partial charge in [0.1, 0.15) is 11.4 Å². The molecule has 1 saturated carbocycles. The number of hydrogen-bond acceptors (Lipinski definition) is 6. The summed E-state index contributed by atoms with van der Waals surface area (Å²) < 4.78 is 43.1. The molecule has 1 fully saturated rings. The first-order valence-corrected chi connectivity index (χ1v) is 14.8. The SMILES string of the molecule is Cc1ccc(S(=O)(=O)[C@H]2CCC3Cc4c(nnn4-c4ccc(F)cc4)C[C@]3(C(C)(O)c3ccccn3)C2)cc1. The van der Waals surface area contributed by atoms with Crippen LogP contribution in [0.15, 0.2) is 77.8 Å². The summed E-state index contributed by atoms with van der Waals surface area (Å²) in [5.74, 6) is -0.365. The second kappa shape index (κ2) is 9.34. The van der Waals surface area contributed by atoms with Crippen LogP contribution in [0.5, 0.6) is 0 Å². The molecule has 2 heterocycles. The summed E-state index contributed by atoms with van der Waals surface area (Å²) in [4.78, 5) is 4.82. The molecule has 39 heavy (non-hydrogen) atoms. The molecule has 0 aliphatic heterocycles. The molecule has 0 spiro atoms. The van der Waals surface area contributed by atoms with E-state index < -0.39 is 26.1 Å². The zero-order valence-electron chi connectivity index (χ0n) is 22.0. The fourth-order valence-corrected chi connectivity index (χ4v) is 8.57. The van der Waals surface area contributed by atoms with Gasteiger partial charge in [-0.1, -0.05) is 29.0 Å². The highest BCUT2D eigenvalue weighted by atomic mass is 32.2. The molecular formula is C30H31FN4O3S. The average molecular weight is 547 g/mol. The first-order chi connectivity index (χ1) is 18.6. The fraction of sp³-hybridized carbons (Fsp3) is 0.367. The van der Waals surface area contributed by atoms with Crippen LogP contribution in [0, 0.1) is 24.1 Å². The van der Waals surface area contributed by atoms with Crippen molar-refractivity contribution in [1.29, 1.82) is 0 Å². The summed E-state index contributed by atoms with van der Waals surface area (Å²) in [6.45, 7) is 3.69. The molecule has 1 N–H and O–H groups in total. The molecule has 2 aromatic carbocycles. The topological polar surface area (TPSA) is 98.0 Å². The Balaban J connectivity index is 1.45. The van der Waals surface area contributed by atoms with Crippen LogP contribution in [-0.4, -0.2) is 38.8 Å². The van der Waals surface area contributed by atoms with Crippen LogP contribution in [-0.2, 0) is 28.3 Å². The largest absolute Gasteiger partial charge is 0.383 e. The van der Waals surface area contributed by atoms with Gasteiger partial charge < -0.3 is 5.11 Å². The fourth-order valence-electron chi connectivity index (χ4n) is 6.71. The van der Waals surface area contributed by atoms with Crippen LogP contribution in [0.3, 0.4) is 0 Å². The number of benzene rings is 2. The van der Waals surface area contributed by atoms with Crippen LogP contribution < -0.4 is 0 Å². The summed E-state index contributed by atoms with van der Waals surface area (Å²) >= 11 is 0. The molecule has 7 nitrogen and oxygen atoms in total. The van der Waals surface area contributed by atoms with E-state index in [1.807, 2.05) is 25.1 Å². The number of halogens is 1. The van der Waals surface area contributed by atoms with Crippen molar-refractivity contribution < 1.29 is 17.9 Å². The maximum Gasteiger partial charge on any atom is 0.181 e. The lowest BCUT2D eigenvalue weighted by molar-refractivity contribution is -0.136. The second-order valence-corrected chi connectivity index (χ2v) is 13.4. The van der Waals surface area contributed by atoms with Crippen LogP contribution in [0.25, 0.3) is 5.69 Å². The molecule has 0 saturated heterocycles. The number of nitrogens with zero attached hydrogens (tertiary/aromatic N) is 4. The third-order valence-corrected chi connectivity index (χ3v) is 11.2. The predicted molar refractivity (Wildman–Crippen MR) is 144 cm³/mol. The van der Waals surface area contributed by atoms with Crippen LogP contribution in [0.1, 0.15) is 48.8 Å². The zero-order valence-corrected chi connectivity index (χ0v) is 22.8. The van der Waals surface area contributed by atoms with Gasteiger partial charge >= 0.3 is 0 Å². The van der Waals surface area contributed by atoms with Crippen LogP contribution >= 0.6 is 0 Å². The number of rotatable bonds is 5. The number of aromatic nitrogens is 4. The first-order valence-electron chi connectivity index (χ1n) is 13.3. The van der Waals surface area contributed by atoms with E-state index in [1.165, 1.54) is 12.1 Å². The van der Waals surface area contributed by atoms with Crippen molar-refractivity contribution in [3.63, 3.8) is 0 Å². The number of fused-ring (bicyclic) bond motifs is 2. The second-order valence-electron chi connectivity index (χ2n) is 11.2. The molecule has 2 aliphatic rings. The van der Waals surface area contributed by atoms with Gasteiger partial charge in [0.15, 0.2) is 9.84 Å². The highest BCUT2D eigenvalue weighted by molar-refractivity contribution is 7.92. The van der Waals surface area contributed by atoms with E-state index in [4.69, 9.17) is 0 Å². The molecule has 0 radical (unpaired) electrons. The number of hydrogen-bond donors (Lipinski definition) is 1. The number of aryl methyl sites for hydroxylation is 1. The minimum absolute atomic E-state index is 0.0378. The van der Waals surface area contributed by atoms with Gasteiger partial charge in [-0.2, -0.15) is 0 Å². The standard InChI is InChI=1S/C30H31FN4O3S/c1-20-6-13-24(14-7-20)39(37,38)25-15-8-21-17-27-26(33-34-35(27)23-11-9-22(31)10-12-23)19-30(21,18-25)29(2,36)28-5-3-4-16-32-28/h3-7,9-14,16,21,25,36H,8,15,17-19H2,1-2H3/t21?,25-,29?,30+/m0/s1. The van der Waals surface area contributed by atoms with Gasteiger partial charge in [-0.3, -0.25) is 4.98 Å². The number of pyridine rings is 1. The van der Waals surface area contributed by atoms with E-state index >= 15 is 0 Å². The Morgan fingerprint density at radius 2 is 1.79 bits per heavy atom. The van der Waals surface area contributed by atoms with Gasteiger partial charge in [0.2, 0.25) is 0 Å². The van der Waals surface area contributed by atoms with Crippen molar-refractivity contribution in [3.05, 3.63) is 101 Å². The Kier molecular flexibility index (Phi) is 6.19. The molecule has 2 aromatic heterocycles. The van der Waals surface area contributed by atoms with E-state index in [2.05, 4.69) is 15.3 Å². The lowest BCUT2D eigenvalue weighted by Crippen LogP contribution is -2.57. The zero-order chi connectivity index (χ0) is 27.4. The molecule has 0 amide bonds. The van der Waals surface area contributed by atoms with Crippen molar-refractivity contribution >= 4 is 9.84 Å². The summed E-state index contributed by atoms with van der Waals surface area (Å²) in [7, 11) is -3.64. The molecule has 202 valence electrons. The van der Waals surface area contributed by atoms with Crippen molar-refractivity contribution in [2.75, 3.05) is 0 Å². The van der Waals surface area contributed by atoms with Gasteiger partial charge in [0, 0.05) is 18.0 Å². The predicted octanol–water partition coefficient (Wildman–Crippen LogP) is 4.75. The van der Waals surface area contributed by atoms with Crippen molar-refractivity contribution in [1.82, 2.24) is 20.0 Å². The highest BCUT2D eigenvalue weighted by Gasteiger charge is 2.60. The number of aliphatic hydroxyl groups is 1. The summed E-state index contributed by atoms with van der Waals surface area (Å²) in [5.41, 5.74) is 1.61. The third kappa shape index (κ3) is 4.19. The van der Waals surface area contributed by atoms with Crippen molar-refractivity contribution in [2.45, 2.75) is 61.7 Å². The van der Waals surface area contributed by atoms with Gasteiger partial charge in [-0.15, -0.1) is 5.10 Å². The van der Waals surface area contributed by atoms with E-state index in [1.54, 1.807) is 54.2 Å². The molecule has 4 aromatic rings. The molecule has 2 aliphatic carbocycles. The van der Waals surface area contributed by atoms with Gasteiger partial charge in [-0.25, -0.2) is 17.5 Å². The van der Waals surface area contributed by atoms with Crippen molar-refractivity contribution in [3.8, 4) is 5.69 Å². The summed E-state index contributed by atoms with van der Waals surface area (Å²) in [6.07, 6.45) is 3.97. The summed E-state index contributed by atoms with van der Waals surface area (Å²) in [6, 6.07) is 18.5. The molecule has 4 atom stereocenters. The Labute approximate surface area is 227 Å². The van der Waals surface area contributed by atoms with E-state index in [9.17, 15) is 17.9 Å². The average Bonchev–Trinajstić information content (AvgIpc) is 3.34. The quantitative estimate of drug-likeness (QED) is 0.388. The van der Waals surface area contributed by atoms with Crippen molar-refractivity contribution in [2.24, 2.45) is 11.3 Å². The Bertz CT molecular complexity index is 1600. The normalized spacial score (nSPS) is 24.4. The molecule has 6 rings (SSSR count). The lowest BCUT2D eigenvalue weighted by atomic mass is 9.52. The molecule has 0 bridgehead atoms. The first kappa shape index (κ1) is 25.8. The maximum absolute atomic E-state index is 13.9. The minimum atomic E-state index is -3.64. The van der Waals surface area contributed by atoms with Crippen LogP contribution in [0.2, 0.25) is 0 Å². The van der Waals surface area contributed by atoms with E-state index in [0.29, 0.717) is 42.0 Å². The van der Waals surface area contributed by atoms with Gasteiger partial charge in [0.05, 0.1) is 32.9 Å². The monoisotopic (exact) mass is 546 g/mol. The highest BCUT2D eigenvalue weighted by Crippen LogP contribution is 2.59. The summed E-state index contributed by atoms with van der Waals surface area (Å²) in [5, 5.41) is 20.5. The molecular weight excluding hydrogens is 515 g/mol. The Morgan fingerprint density at radius 3 is 2.49 bits per heavy atom. The molecule has 2 unspecified atom stereocenters. The minimum Gasteiger partial charge on any atom is -0.383 e.